The Morgan fingerprint density at radius 2 is 2.07 bits per heavy atom. The van der Waals surface area contributed by atoms with E-state index in [-0.39, 0.29) is 23.0 Å². The summed E-state index contributed by atoms with van der Waals surface area (Å²) in [7, 11) is 0. The third kappa shape index (κ3) is 3.67. The Bertz CT molecular complexity index is 884. The van der Waals surface area contributed by atoms with Gasteiger partial charge in [-0.2, -0.15) is 0 Å². The lowest BCUT2D eigenvalue weighted by Crippen LogP contribution is -2.26. The number of carboxylic acid groups (broad SMARTS) is 1. The van der Waals surface area contributed by atoms with Gasteiger partial charge in [0.2, 0.25) is 5.91 Å². The highest BCUT2D eigenvalue weighted by atomic mass is 32.2. The van der Waals surface area contributed by atoms with Gasteiger partial charge in [-0.25, -0.2) is 0 Å². The van der Waals surface area contributed by atoms with E-state index in [9.17, 15) is 9.59 Å². The number of carboxylic acids is 1. The van der Waals surface area contributed by atoms with Crippen LogP contribution in [-0.2, 0) is 20.8 Å². The SMILES string of the molecule is O=C(O)CSCc1cccc(NC(=O)[C@@H]2C[C@]23CCOc2ccccc23)c1. The minimum absolute atomic E-state index is 0.0346. The molecule has 1 aliphatic heterocycles. The summed E-state index contributed by atoms with van der Waals surface area (Å²) in [5, 5.41) is 11.8. The molecule has 140 valence electrons. The molecule has 2 aliphatic rings. The number of hydrogen-bond acceptors (Lipinski definition) is 4. The van der Waals surface area contributed by atoms with Gasteiger partial charge in [0.15, 0.2) is 0 Å². The number of nitrogens with one attached hydrogen (secondary N) is 1. The fourth-order valence-electron chi connectivity index (χ4n) is 3.93. The van der Waals surface area contributed by atoms with Gasteiger partial charge in [-0.05, 0) is 36.6 Å². The second kappa shape index (κ2) is 7.27. The monoisotopic (exact) mass is 383 g/mol. The van der Waals surface area contributed by atoms with E-state index < -0.39 is 5.97 Å². The lowest BCUT2D eigenvalue weighted by atomic mass is 9.87. The van der Waals surface area contributed by atoms with Gasteiger partial charge in [-0.1, -0.05) is 30.3 Å². The largest absolute Gasteiger partial charge is 0.493 e. The van der Waals surface area contributed by atoms with Crippen LogP contribution in [0.4, 0.5) is 5.69 Å². The number of amides is 1. The van der Waals surface area contributed by atoms with Gasteiger partial charge in [0.25, 0.3) is 0 Å². The Morgan fingerprint density at radius 1 is 1.22 bits per heavy atom. The molecular formula is C21H21NO4S. The predicted molar refractivity (Wildman–Crippen MR) is 105 cm³/mol. The van der Waals surface area contributed by atoms with Gasteiger partial charge in [-0.3, -0.25) is 9.59 Å². The molecule has 5 nitrogen and oxygen atoms in total. The fourth-order valence-corrected chi connectivity index (χ4v) is 4.62. The zero-order valence-electron chi connectivity index (χ0n) is 14.8. The van der Waals surface area contributed by atoms with Crippen LogP contribution >= 0.6 is 11.8 Å². The Kier molecular flexibility index (Phi) is 4.83. The topological polar surface area (TPSA) is 75.6 Å². The molecule has 1 fully saturated rings. The van der Waals surface area contributed by atoms with Crippen molar-refractivity contribution in [2.24, 2.45) is 5.92 Å². The van der Waals surface area contributed by atoms with Crippen molar-refractivity contribution in [2.45, 2.75) is 24.0 Å². The molecule has 4 rings (SSSR count). The van der Waals surface area contributed by atoms with Crippen LogP contribution in [0.15, 0.2) is 48.5 Å². The van der Waals surface area contributed by atoms with Crippen LogP contribution < -0.4 is 10.1 Å². The molecule has 0 aromatic heterocycles. The van der Waals surface area contributed by atoms with E-state index in [1.807, 2.05) is 42.5 Å². The van der Waals surface area contributed by atoms with E-state index in [0.717, 1.165) is 35.4 Å². The number of thioether (sulfide) groups is 1. The third-order valence-electron chi connectivity index (χ3n) is 5.31. The molecule has 2 aromatic carbocycles. The Hall–Kier alpha value is -2.47. The number of carbonyl (C=O) groups excluding carboxylic acids is 1. The van der Waals surface area contributed by atoms with E-state index in [1.165, 1.54) is 11.8 Å². The summed E-state index contributed by atoms with van der Waals surface area (Å²) in [5.41, 5.74) is 2.82. The molecule has 0 saturated heterocycles. The van der Waals surface area contributed by atoms with Crippen LogP contribution in [0.2, 0.25) is 0 Å². The summed E-state index contributed by atoms with van der Waals surface area (Å²) < 4.78 is 5.74. The molecule has 27 heavy (non-hydrogen) atoms. The molecule has 1 spiro atoms. The number of anilines is 1. The molecule has 2 atom stereocenters. The first-order valence-corrected chi connectivity index (χ1v) is 10.2. The minimum atomic E-state index is -0.819. The number of carbonyl (C=O) groups is 2. The minimum Gasteiger partial charge on any atom is -0.493 e. The first kappa shape index (κ1) is 17.9. The smallest absolute Gasteiger partial charge is 0.313 e. The number of hydrogen-bond donors (Lipinski definition) is 2. The first-order chi connectivity index (χ1) is 13.1. The average molecular weight is 383 g/mol. The normalized spacial score (nSPS) is 22.6. The molecule has 2 N–H and O–H groups in total. The molecule has 0 radical (unpaired) electrons. The van der Waals surface area contributed by atoms with Crippen molar-refractivity contribution in [1.29, 1.82) is 0 Å². The molecule has 1 heterocycles. The zero-order chi connectivity index (χ0) is 18.9. The Balaban J connectivity index is 1.42. The number of benzene rings is 2. The molecule has 6 heteroatoms. The van der Waals surface area contributed by atoms with Crippen molar-refractivity contribution >= 4 is 29.3 Å². The highest BCUT2D eigenvalue weighted by Gasteiger charge is 2.60. The lowest BCUT2D eigenvalue weighted by Gasteiger charge is -2.26. The van der Waals surface area contributed by atoms with E-state index in [0.29, 0.717) is 12.4 Å². The van der Waals surface area contributed by atoms with Crippen LogP contribution in [0.5, 0.6) is 5.75 Å². The molecule has 2 aromatic rings. The number of rotatable bonds is 6. The maximum Gasteiger partial charge on any atom is 0.313 e. The molecule has 1 amide bonds. The van der Waals surface area contributed by atoms with Gasteiger partial charge in [0.05, 0.1) is 12.4 Å². The van der Waals surface area contributed by atoms with Crippen LogP contribution in [0, 0.1) is 5.92 Å². The molecule has 0 bridgehead atoms. The van der Waals surface area contributed by atoms with Crippen LogP contribution in [0.25, 0.3) is 0 Å². The quantitative estimate of drug-likeness (QED) is 0.796. The van der Waals surface area contributed by atoms with E-state index in [1.54, 1.807) is 0 Å². The number of aliphatic carboxylic acids is 1. The summed E-state index contributed by atoms with van der Waals surface area (Å²) in [6.45, 7) is 0.650. The highest BCUT2D eigenvalue weighted by molar-refractivity contribution is 7.99. The maximum absolute atomic E-state index is 12.8. The fraction of sp³-hybridized carbons (Fsp3) is 0.333. The number of para-hydroxylation sites is 1. The number of ether oxygens (including phenoxy) is 1. The molecule has 0 unspecified atom stereocenters. The van der Waals surface area contributed by atoms with Crippen molar-refractivity contribution in [3.05, 3.63) is 59.7 Å². The van der Waals surface area contributed by atoms with Gasteiger partial charge in [-0.15, -0.1) is 11.8 Å². The summed E-state index contributed by atoms with van der Waals surface area (Å²) in [6, 6.07) is 15.6. The zero-order valence-corrected chi connectivity index (χ0v) is 15.6. The maximum atomic E-state index is 12.8. The molecular weight excluding hydrogens is 362 g/mol. The molecule has 1 saturated carbocycles. The van der Waals surface area contributed by atoms with Crippen molar-refractivity contribution in [3.63, 3.8) is 0 Å². The molecule has 1 aliphatic carbocycles. The Morgan fingerprint density at radius 3 is 2.93 bits per heavy atom. The lowest BCUT2D eigenvalue weighted by molar-refractivity contribution is -0.133. The van der Waals surface area contributed by atoms with Crippen LogP contribution in [-0.4, -0.2) is 29.3 Å². The van der Waals surface area contributed by atoms with Crippen molar-refractivity contribution in [3.8, 4) is 5.75 Å². The van der Waals surface area contributed by atoms with Gasteiger partial charge < -0.3 is 15.2 Å². The van der Waals surface area contributed by atoms with Crippen molar-refractivity contribution in [1.82, 2.24) is 0 Å². The van der Waals surface area contributed by atoms with Crippen LogP contribution in [0.3, 0.4) is 0 Å². The summed E-state index contributed by atoms with van der Waals surface area (Å²) in [6.07, 6.45) is 1.72. The first-order valence-electron chi connectivity index (χ1n) is 9.00. The second-order valence-electron chi connectivity index (χ2n) is 7.08. The number of fused-ring (bicyclic) bond motifs is 2. The van der Waals surface area contributed by atoms with E-state index in [2.05, 4.69) is 11.4 Å². The van der Waals surface area contributed by atoms with Gasteiger partial charge in [0.1, 0.15) is 5.75 Å². The van der Waals surface area contributed by atoms with Crippen molar-refractivity contribution < 1.29 is 19.4 Å². The predicted octanol–water partition coefficient (Wildman–Crippen LogP) is 3.68. The average Bonchev–Trinajstić information content (AvgIpc) is 3.37. The summed E-state index contributed by atoms with van der Waals surface area (Å²) in [5.74, 6) is 0.767. The van der Waals surface area contributed by atoms with Crippen LogP contribution in [0.1, 0.15) is 24.0 Å². The Labute approximate surface area is 162 Å². The third-order valence-corrected chi connectivity index (χ3v) is 6.30. The van der Waals surface area contributed by atoms with Crippen molar-refractivity contribution in [2.75, 3.05) is 17.7 Å². The van der Waals surface area contributed by atoms with Gasteiger partial charge in [0, 0.05) is 28.3 Å². The van der Waals surface area contributed by atoms with E-state index in [4.69, 9.17) is 9.84 Å². The van der Waals surface area contributed by atoms with E-state index >= 15 is 0 Å². The summed E-state index contributed by atoms with van der Waals surface area (Å²) >= 11 is 1.34. The standard InChI is InChI=1S/C21H21NO4S/c23-19(24)13-27-12-14-4-3-5-15(10-14)22-20(25)17-11-21(17)8-9-26-18-7-2-1-6-16(18)21/h1-7,10,17H,8-9,11-13H2,(H,22,25)(H,23,24)/t17-,21-/m0/s1. The van der Waals surface area contributed by atoms with Gasteiger partial charge >= 0.3 is 5.97 Å². The highest BCUT2D eigenvalue weighted by Crippen LogP contribution is 2.60. The second-order valence-corrected chi connectivity index (χ2v) is 8.07. The summed E-state index contributed by atoms with van der Waals surface area (Å²) in [4.78, 5) is 23.5.